The summed E-state index contributed by atoms with van der Waals surface area (Å²) in [6.07, 6.45) is 1.18. The first kappa shape index (κ1) is 19.1. The first-order valence-corrected chi connectivity index (χ1v) is 10.1. The van der Waals surface area contributed by atoms with Gasteiger partial charge in [-0.1, -0.05) is 60.7 Å². The Hall–Kier alpha value is -3.21. The van der Waals surface area contributed by atoms with Crippen molar-refractivity contribution >= 4 is 11.7 Å². The summed E-state index contributed by atoms with van der Waals surface area (Å²) in [5, 5.41) is 0. The van der Waals surface area contributed by atoms with Gasteiger partial charge < -0.3 is 9.80 Å². The molecule has 0 saturated heterocycles. The number of hydrogen-bond acceptors (Lipinski definition) is 4. The third-order valence-corrected chi connectivity index (χ3v) is 5.46. The van der Waals surface area contributed by atoms with E-state index in [0.717, 1.165) is 47.0 Å². The Balaban J connectivity index is 1.64. The van der Waals surface area contributed by atoms with Gasteiger partial charge in [0.05, 0.1) is 18.7 Å². The van der Waals surface area contributed by atoms with Gasteiger partial charge in [0.15, 0.2) is 5.82 Å². The van der Waals surface area contributed by atoms with Gasteiger partial charge in [0.1, 0.15) is 5.82 Å². The summed E-state index contributed by atoms with van der Waals surface area (Å²) >= 11 is 0. The molecule has 2 aromatic carbocycles. The predicted molar refractivity (Wildman–Crippen MR) is 116 cm³/mol. The van der Waals surface area contributed by atoms with Crippen LogP contribution in [0.5, 0.6) is 0 Å². The molecule has 0 aliphatic carbocycles. The lowest BCUT2D eigenvalue weighted by Crippen LogP contribution is -2.38. The Morgan fingerprint density at radius 1 is 1.03 bits per heavy atom. The maximum atomic E-state index is 12.9. The summed E-state index contributed by atoms with van der Waals surface area (Å²) in [7, 11) is 2.04. The van der Waals surface area contributed by atoms with Crippen LogP contribution >= 0.6 is 0 Å². The minimum Gasteiger partial charge on any atom is -0.360 e. The fourth-order valence-corrected chi connectivity index (χ4v) is 3.67. The Labute approximate surface area is 172 Å². The molecule has 0 atom stereocenters. The molecule has 0 radical (unpaired) electrons. The van der Waals surface area contributed by atoms with Crippen molar-refractivity contribution in [2.24, 2.45) is 0 Å². The van der Waals surface area contributed by atoms with Crippen molar-refractivity contribution < 1.29 is 4.79 Å². The lowest BCUT2D eigenvalue weighted by molar-refractivity contribution is -0.131. The second-order valence-corrected chi connectivity index (χ2v) is 7.40. The van der Waals surface area contributed by atoms with E-state index >= 15 is 0 Å². The summed E-state index contributed by atoms with van der Waals surface area (Å²) in [5.74, 6) is 1.83. The number of rotatable bonds is 5. The molecule has 2 heterocycles. The van der Waals surface area contributed by atoms with Gasteiger partial charge in [0, 0.05) is 37.7 Å². The first-order chi connectivity index (χ1) is 14.2. The highest BCUT2D eigenvalue weighted by molar-refractivity contribution is 5.79. The molecule has 0 N–H and O–H groups in total. The first-order valence-electron chi connectivity index (χ1n) is 10.1. The van der Waals surface area contributed by atoms with Crippen LogP contribution in [0.2, 0.25) is 0 Å². The fraction of sp³-hybridized carbons (Fsp3) is 0.292. The average Bonchev–Trinajstić information content (AvgIpc) is 2.78. The molecule has 0 spiro atoms. The monoisotopic (exact) mass is 386 g/mol. The largest absolute Gasteiger partial charge is 0.360 e. The Morgan fingerprint density at radius 2 is 1.72 bits per heavy atom. The van der Waals surface area contributed by atoms with Crippen molar-refractivity contribution in [2.75, 3.05) is 25.0 Å². The molecule has 5 nitrogen and oxygen atoms in total. The zero-order valence-electron chi connectivity index (χ0n) is 17.0. The predicted octanol–water partition coefficient (Wildman–Crippen LogP) is 3.73. The van der Waals surface area contributed by atoms with Crippen LogP contribution in [0.15, 0.2) is 60.7 Å². The van der Waals surface area contributed by atoms with Crippen molar-refractivity contribution in [3.8, 4) is 11.4 Å². The lowest BCUT2D eigenvalue weighted by Gasteiger charge is -2.31. The SMILES string of the molecule is CCN(C)c1nc(-c2ccccc2)nc2c1CN(C(=O)Cc1ccccc1)CC2. The number of anilines is 1. The molecule has 0 fully saturated rings. The van der Waals surface area contributed by atoms with Gasteiger partial charge in [0.25, 0.3) is 0 Å². The highest BCUT2D eigenvalue weighted by atomic mass is 16.2. The van der Waals surface area contributed by atoms with Crippen LogP contribution in [0.4, 0.5) is 5.82 Å². The smallest absolute Gasteiger partial charge is 0.227 e. The Bertz CT molecular complexity index is 989. The number of fused-ring (bicyclic) bond motifs is 1. The number of aromatic nitrogens is 2. The Kier molecular flexibility index (Phi) is 5.56. The van der Waals surface area contributed by atoms with Crippen molar-refractivity contribution in [1.82, 2.24) is 14.9 Å². The minimum absolute atomic E-state index is 0.152. The zero-order chi connectivity index (χ0) is 20.2. The van der Waals surface area contributed by atoms with E-state index in [-0.39, 0.29) is 5.91 Å². The van der Waals surface area contributed by atoms with E-state index in [2.05, 4.69) is 11.8 Å². The molecule has 29 heavy (non-hydrogen) atoms. The van der Waals surface area contributed by atoms with Gasteiger partial charge in [0.2, 0.25) is 5.91 Å². The number of carbonyl (C=O) groups is 1. The van der Waals surface area contributed by atoms with E-state index in [1.54, 1.807) is 0 Å². The average molecular weight is 386 g/mol. The molecule has 4 rings (SSSR count). The van der Waals surface area contributed by atoms with Crippen LogP contribution in [0.3, 0.4) is 0 Å². The van der Waals surface area contributed by atoms with E-state index in [4.69, 9.17) is 9.97 Å². The van der Waals surface area contributed by atoms with E-state index < -0.39 is 0 Å². The van der Waals surface area contributed by atoms with E-state index in [1.807, 2.05) is 72.6 Å². The summed E-state index contributed by atoms with van der Waals surface area (Å²) in [6, 6.07) is 20.0. The maximum absolute atomic E-state index is 12.9. The van der Waals surface area contributed by atoms with Gasteiger partial charge in [-0.3, -0.25) is 4.79 Å². The minimum atomic E-state index is 0.152. The van der Waals surface area contributed by atoms with E-state index in [0.29, 0.717) is 19.5 Å². The van der Waals surface area contributed by atoms with E-state index in [1.165, 1.54) is 0 Å². The number of hydrogen-bond donors (Lipinski definition) is 0. The standard InChI is InChI=1S/C24H26N4O/c1-3-27(2)24-20-17-28(22(29)16-18-10-6-4-7-11-18)15-14-21(20)25-23(26-24)19-12-8-5-9-13-19/h4-13H,3,14-17H2,1-2H3. The van der Waals surface area contributed by atoms with Crippen LogP contribution in [0, 0.1) is 0 Å². The molecule has 5 heteroatoms. The molecule has 3 aromatic rings. The van der Waals surface area contributed by atoms with Crippen LogP contribution in [-0.2, 0) is 24.2 Å². The van der Waals surface area contributed by atoms with E-state index in [9.17, 15) is 4.79 Å². The quantitative estimate of drug-likeness (QED) is 0.670. The molecule has 148 valence electrons. The molecule has 1 amide bonds. The second kappa shape index (κ2) is 8.43. The number of carbonyl (C=O) groups excluding carboxylic acids is 1. The summed E-state index contributed by atoms with van der Waals surface area (Å²) in [6.45, 7) is 4.21. The molecule has 1 aromatic heterocycles. The molecular weight excluding hydrogens is 360 g/mol. The summed E-state index contributed by atoms with van der Waals surface area (Å²) in [5.41, 5.74) is 4.19. The van der Waals surface area contributed by atoms with Crippen molar-refractivity contribution in [3.63, 3.8) is 0 Å². The normalized spacial score (nSPS) is 13.1. The van der Waals surface area contributed by atoms with Gasteiger partial charge in [-0.25, -0.2) is 9.97 Å². The summed E-state index contributed by atoms with van der Waals surface area (Å²) < 4.78 is 0. The number of nitrogens with zero attached hydrogens (tertiary/aromatic N) is 4. The van der Waals surface area contributed by atoms with Gasteiger partial charge in [-0.05, 0) is 12.5 Å². The molecule has 0 unspecified atom stereocenters. The molecule has 1 aliphatic rings. The fourth-order valence-electron chi connectivity index (χ4n) is 3.67. The van der Waals surface area contributed by atoms with Crippen LogP contribution in [-0.4, -0.2) is 40.9 Å². The third-order valence-electron chi connectivity index (χ3n) is 5.46. The third kappa shape index (κ3) is 4.14. The van der Waals surface area contributed by atoms with Gasteiger partial charge >= 0.3 is 0 Å². The number of amides is 1. The number of benzene rings is 2. The van der Waals surface area contributed by atoms with Crippen molar-refractivity contribution in [2.45, 2.75) is 26.3 Å². The molecule has 0 bridgehead atoms. The van der Waals surface area contributed by atoms with Gasteiger partial charge in [-0.15, -0.1) is 0 Å². The van der Waals surface area contributed by atoms with Crippen molar-refractivity contribution in [1.29, 1.82) is 0 Å². The van der Waals surface area contributed by atoms with Crippen molar-refractivity contribution in [3.05, 3.63) is 77.5 Å². The topological polar surface area (TPSA) is 49.3 Å². The molecular formula is C24H26N4O. The van der Waals surface area contributed by atoms with Crippen LogP contribution in [0.1, 0.15) is 23.7 Å². The highest BCUT2D eigenvalue weighted by Gasteiger charge is 2.26. The molecule has 0 saturated carbocycles. The molecule has 1 aliphatic heterocycles. The van der Waals surface area contributed by atoms with Crippen LogP contribution < -0.4 is 4.90 Å². The highest BCUT2D eigenvalue weighted by Crippen LogP contribution is 2.29. The summed E-state index contributed by atoms with van der Waals surface area (Å²) in [4.78, 5) is 26.7. The Morgan fingerprint density at radius 3 is 2.41 bits per heavy atom. The second-order valence-electron chi connectivity index (χ2n) is 7.40. The van der Waals surface area contributed by atoms with Gasteiger partial charge in [-0.2, -0.15) is 0 Å². The van der Waals surface area contributed by atoms with Crippen LogP contribution in [0.25, 0.3) is 11.4 Å². The zero-order valence-corrected chi connectivity index (χ0v) is 17.0. The maximum Gasteiger partial charge on any atom is 0.227 e. The lowest BCUT2D eigenvalue weighted by atomic mass is 10.0.